The molecule has 0 aromatic carbocycles. The van der Waals surface area contributed by atoms with Crippen molar-refractivity contribution in [1.82, 2.24) is 9.88 Å². The minimum absolute atomic E-state index is 0.0832. The molecule has 9 heteroatoms. The molecule has 0 unspecified atom stereocenters. The van der Waals surface area contributed by atoms with E-state index in [1.54, 1.807) is 0 Å². The summed E-state index contributed by atoms with van der Waals surface area (Å²) in [5.41, 5.74) is -0.525. The molecule has 1 fully saturated rings. The Balaban J connectivity index is 2.05. The molecule has 5 nitrogen and oxygen atoms in total. The van der Waals surface area contributed by atoms with Gasteiger partial charge in [0.25, 0.3) is 0 Å². The van der Waals surface area contributed by atoms with Crippen LogP contribution in [0, 0.1) is 0 Å². The van der Waals surface area contributed by atoms with E-state index in [0.717, 1.165) is 25.5 Å². The van der Waals surface area contributed by atoms with Crippen LogP contribution in [0.15, 0.2) is 6.20 Å². The summed E-state index contributed by atoms with van der Waals surface area (Å²) < 4.78 is 37.9. The SMILES string of the molecule is CC(C)(C)N(C(=O)O)[C@H]1CCC[C@@H](Nc2ncc(C(F)(F)F)s2)C1. The lowest BCUT2D eigenvalue weighted by Gasteiger charge is -2.43. The molecule has 2 N–H and O–H groups in total. The fourth-order valence-electron chi connectivity index (χ4n) is 3.17. The zero-order valence-electron chi connectivity index (χ0n) is 13.9. The molecule has 24 heavy (non-hydrogen) atoms. The van der Waals surface area contributed by atoms with Crippen LogP contribution in [-0.4, -0.2) is 38.7 Å². The number of anilines is 1. The number of alkyl halides is 3. The van der Waals surface area contributed by atoms with Crippen molar-refractivity contribution in [3.8, 4) is 0 Å². The van der Waals surface area contributed by atoms with Crippen molar-refractivity contribution in [2.24, 2.45) is 0 Å². The Bertz CT molecular complexity index is 583. The summed E-state index contributed by atoms with van der Waals surface area (Å²) >= 11 is 0.578. The predicted molar refractivity (Wildman–Crippen MR) is 86.4 cm³/mol. The van der Waals surface area contributed by atoms with Gasteiger partial charge in [-0.25, -0.2) is 9.78 Å². The van der Waals surface area contributed by atoms with Gasteiger partial charge in [0.2, 0.25) is 0 Å². The van der Waals surface area contributed by atoms with Crippen LogP contribution < -0.4 is 5.32 Å². The minimum atomic E-state index is -4.39. The first-order valence-corrected chi connectivity index (χ1v) is 8.62. The number of aromatic nitrogens is 1. The van der Waals surface area contributed by atoms with Gasteiger partial charge in [-0.15, -0.1) is 0 Å². The molecule has 1 saturated carbocycles. The van der Waals surface area contributed by atoms with Gasteiger partial charge in [0.1, 0.15) is 4.88 Å². The second-order valence-electron chi connectivity index (χ2n) is 7.01. The van der Waals surface area contributed by atoms with Gasteiger partial charge in [-0.1, -0.05) is 11.3 Å². The monoisotopic (exact) mass is 365 g/mol. The summed E-state index contributed by atoms with van der Waals surface area (Å²) in [7, 11) is 0. The number of hydrogen-bond acceptors (Lipinski definition) is 4. The fraction of sp³-hybridized carbons (Fsp3) is 0.733. The van der Waals surface area contributed by atoms with Crippen LogP contribution in [0.25, 0.3) is 0 Å². The van der Waals surface area contributed by atoms with Crippen LogP contribution >= 0.6 is 11.3 Å². The number of nitrogens with zero attached hydrogens (tertiary/aromatic N) is 2. The molecule has 1 amide bonds. The third kappa shape index (κ3) is 4.52. The molecular weight excluding hydrogens is 343 g/mol. The van der Waals surface area contributed by atoms with Gasteiger partial charge in [-0.05, 0) is 46.5 Å². The molecule has 1 aliphatic rings. The van der Waals surface area contributed by atoms with Crippen molar-refractivity contribution in [2.45, 2.75) is 70.3 Å². The fourth-order valence-corrected chi connectivity index (χ4v) is 3.93. The Morgan fingerprint density at radius 3 is 2.54 bits per heavy atom. The second kappa shape index (κ2) is 6.78. The number of carbonyl (C=O) groups is 1. The number of carboxylic acid groups (broad SMARTS) is 1. The third-order valence-electron chi connectivity index (χ3n) is 4.05. The van der Waals surface area contributed by atoms with E-state index in [0.29, 0.717) is 17.8 Å². The number of amides is 1. The maximum Gasteiger partial charge on any atom is 0.427 e. The molecule has 2 rings (SSSR count). The highest BCUT2D eigenvalue weighted by atomic mass is 32.1. The Labute approximate surface area is 142 Å². The Kier molecular flexibility index (Phi) is 5.31. The first-order valence-electron chi connectivity index (χ1n) is 7.80. The lowest BCUT2D eigenvalue weighted by Crippen LogP contribution is -2.53. The maximum atomic E-state index is 12.6. The van der Waals surface area contributed by atoms with Gasteiger partial charge in [-0.2, -0.15) is 13.2 Å². The van der Waals surface area contributed by atoms with Crippen molar-refractivity contribution in [1.29, 1.82) is 0 Å². The van der Waals surface area contributed by atoms with E-state index < -0.39 is 22.7 Å². The van der Waals surface area contributed by atoms with E-state index in [9.17, 15) is 23.1 Å². The van der Waals surface area contributed by atoms with E-state index in [-0.39, 0.29) is 17.2 Å². The Morgan fingerprint density at radius 1 is 1.38 bits per heavy atom. The molecule has 0 radical (unpaired) electrons. The molecule has 1 aromatic heterocycles. The van der Waals surface area contributed by atoms with Gasteiger partial charge >= 0.3 is 12.3 Å². The second-order valence-corrected chi connectivity index (χ2v) is 8.04. The molecule has 0 bridgehead atoms. The van der Waals surface area contributed by atoms with Crippen LogP contribution in [0.5, 0.6) is 0 Å². The van der Waals surface area contributed by atoms with Crippen LogP contribution in [0.2, 0.25) is 0 Å². The lowest BCUT2D eigenvalue weighted by molar-refractivity contribution is -0.134. The molecule has 0 aliphatic heterocycles. The zero-order chi connectivity index (χ0) is 18.1. The van der Waals surface area contributed by atoms with Crippen molar-refractivity contribution in [2.75, 3.05) is 5.32 Å². The smallest absolute Gasteiger partial charge is 0.427 e. The van der Waals surface area contributed by atoms with Crippen molar-refractivity contribution in [3.63, 3.8) is 0 Å². The molecular formula is C15H22F3N3O2S. The van der Waals surface area contributed by atoms with E-state index in [4.69, 9.17) is 0 Å². The first-order chi connectivity index (χ1) is 11.0. The standard InChI is InChI=1S/C15H22F3N3O2S/c1-14(2,3)21(13(22)23)10-6-4-5-9(7-10)20-12-19-8-11(24-12)15(16,17)18/h8-10H,4-7H2,1-3H3,(H,19,20)(H,22,23)/t9-,10+/m1/s1. The van der Waals surface area contributed by atoms with Crippen molar-refractivity contribution < 1.29 is 23.1 Å². The number of nitrogens with one attached hydrogen (secondary N) is 1. The van der Waals surface area contributed by atoms with Crippen molar-refractivity contribution in [3.05, 3.63) is 11.1 Å². The molecule has 0 spiro atoms. The summed E-state index contributed by atoms with van der Waals surface area (Å²) in [6.07, 6.45) is -1.61. The number of halogens is 3. The van der Waals surface area contributed by atoms with Gasteiger partial charge in [0.15, 0.2) is 5.13 Å². The molecule has 1 heterocycles. The van der Waals surface area contributed by atoms with E-state index in [2.05, 4.69) is 10.3 Å². The molecule has 136 valence electrons. The van der Waals surface area contributed by atoms with E-state index in [1.165, 1.54) is 4.90 Å². The van der Waals surface area contributed by atoms with Crippen LogP contribution in [0.4, 0.5) is 23.1 Å². The summed E-state index contributed by atoms with van der Waals surface area (Å²) in [4.78, 5) is 16.1. The zero-order valence-corrected chi connectivity index (χ0v) is 14.7. The number of thiazole rings is 1. The lowest BCUT2D eigenvalue weighted by atomic mass is 9.88. The molecule has 1 aliphatic carbocycles. The normalized spacial score (nSPS) is 22.2. The van der Waals surface area contributed by atoms with E-state index >= 15 is 0 Å². The number of hydrogen-bond donors (Lipinski definition) is 2. The quantitative estimate of drug-likeness (QED) is 0.817. The topological polar surface area (TPSA) is 65.5 Å². The van der Waals surface area contributed by atoms with Crippen LogP contribution in [0.3, 0.4) is 0 Å². The Hall–Kier alpha value is -1.51. The van der Waals surface area contributed by atoms with Crippen LogP contribution in [-0.2, 0) is 6.18 Å². The van der Waals surface area contributed by atoms with Gasteiger partial charge in [0.05, 0.1) is 6.20 Å². The van der Waals surface area contributed by atoms with Gasteiger partial charge in [0, 0.05) is 17.6 Å². The summed E-state index contributed by atoms with van der Waals surface area (Å²) in [6.45, 7) is 5.53. The highest BCUT2D eigenvalue weighted by Gasteiger charge is 2.37. The van der Waals surface area contributed by atoms with Gasteiger partial charge in [-0.3, -0.25) is 0 Å². The number of rotatable bonds is 3. The third-order valence-corrected chi connectivity index (χ3v) is 5.03. The average Bonchev–Trinajstić information content (AvgIpc) is 2.85. The highest BCUT2D eigenvalue weighted by molar-refractivity contribution is 7.15. The largest absolute Gasteiger partial charge is 0.465 e. The van der Waals surface area contributed by atoms with Gasteiger partial charge < -0.3 is 15.3 Å². The average molecular weight is 365 g/mol. The summed E-state index contributed by atoms with van der Waals surface area (Å²) in [6, 6.07) is -0.240. The first kappa shape index (κ1) is 18.8. The summed E-state index contributed by atoms with van der Waals surface area (Å²) in [5.74, 6) is 0. The molecule has 0 saturated heterocycles. The molecule has 2 atom stereocenters. The summed E-state index contributed by atoms with van der Waals surface area (Å²) in [5, 5.41) is 12.8. The van der Waals surface area contributed by atoms with Crippen molar-refractivity contribution >= 4 is 22.6 Å². The minimum Gasteiger partial charge on any atom is -0.465 e. The Morgan fingerprint density at radius 2 is 2.04 bits per heavy atom. The predicted octanol–water partition coefficient (Wildman–Crippen LogP) is 4.66. The van der Waals surface area contributed by atoms with E-state index in [1.807, 2.05) is 20.8 Å². The maximum absolute atomic E-state index is 12.6. The molecule has 1 aromatic rings. The van der Waals surface area contributed by atoms with Crippen LogP contribution in [0.1, 0.15) is 51.3 Å². The highest BCUT2D eigenvalue weighted by Crippen LogP contribution is 2.36.